The Morgan fingerprint density at radius 2 is 1.94 bits per heavy atom. The molecular weight excluding hydrogens is 473 g/mol. The number of ether oxygens (including phenoxy) is 1. The van der Waals surface area contributed by atoms with Gasteiger partial charge in [0.15, 0.2) is 6.61 Å². The Bertz CT molecular complexity index is 990. The van der Waals surface area contributed by atoms with Crippen molar-refractivity contribution in [2.75, 3.05) is 11.6 Å². The predicted octanol–water partition coefficient (Wildman–Crippen LogP) is 5.95. The smallest absolute Gasteiger partial charge is 0.422 e. The third-order valence-electron chi connectivity index (χ3n) is 5.88. The van der Waals surface area contributed by atoms with Crippen LogP contribution >= 0.6 is 15.9 Å². The van der Waals surface area contributed by atoms with Gasteiger partial charge in [-0.1, -0.05) is 59.3 Å². The van der Waals surface area contributed by atoms with Crippen LogP contribution in [0.25, 0.3) is 0 Å². The molecule has 2 atom stereocenters. The van der Waals surface area contributed by atoms with Gasteiger partial charge in [0, 0.05) is 9.89 Å². The third-order valence-corrected chi connectivity index (χ3v) is 6.37. The first kappa shape index (κ1) is 21.9. The van der Waals surface area contributed by atoms with Gasteiger partial charge in [0.25, 0.3) is 0 Å². The fourth-order valence-electron chi connectivity index (χ4n) is 4.22. The topological polar surface area (TPSA) is 41.9 Å². The molecule has 0 radical (unpaired) electrons. The van der Waals surface area contributed by atoms with Crippen molar-refractivity contribution in [1.29, 1.82) is 0 Å². The van der Waals surface area contributed by atoms with Crippen molar-refractivity contribution in [2.45, 2.75) is 38.4 Å². The summed E-state index contributed by atoms with van der Waals surface area (Å²) in [6, 6.07) is 17.5. The third kappa shape index (κ3) is 4.63. The van der Waals surface area contributed by atoms with Gasteiger partial charge in [-0.2, -0.15) is 18.3 Å². The van der Waals surface area contributed by atoms with Gasteiger partial charge in [-0.3, -0.25) is 9.80 Å². The summed E-state index contributed by atoms with van der Waals surface area (Å²) in [4.78, 5) is 12.3. The summed E-state index contributed by atoms with van der Waals surface area (Å²) in [5.41, 5.74) is 2.64. The number of alkyl halides is 3. The number of halogens is 4. The molecule has 2 unspecified atom stereocenters. The fourth-order valence-corrected chi connectivity index (χ4v) is 4.61. The minimum absolute atomic E-state index is 0.148. The summed E-state index contributed by atoms with van der Waals surface area (Å²) in [6.07, 6.45) is -2.35. The van der Waals surface area contributed by atoms with E-state index in [0.717, 1.165) is 34.3 Å². The summed E-state index contributed by atoms with van der Waals surface area (Å²) < 4.78 is 42.8. The largest absolute Gasteiger partial charge is 0.456 e. The van der Waals surface area contributed by atoms with Crippen LogP contribution in [0.15, 0.2) is 64.2 Å². The molecular formula is C23H22BrF3N2O2. The fraction of sp³-hybridized carbons (Fsp3) is 0.391. The molecule has 8 heteroatoms. The highest BCUT2D eigenvalue weighted by Gasteiger charge is 2.60. The maximum Gasteiger partial charge on any atom is 0.422 e. The van der Waals surface area contributed by atoms with E-state index in [0.29, 0.717) is 6.42 Å². The normalized spacial score (nSPS) is 20.5. The average Bonchev–Trinajstić information content (AvgIpc) is 3.46. The molecule has 1 aliphatic heterocycles. The van der Waals surface area contributed by atoms with Crippen molar-refractivity contribution in [3.63, 3.8) is 0 Å². The zero-order chi connectivity index (χ0) is 22.2. The van der Waals surface area contributed by atoms with Crippen molar-refractivity contribution >= 4 is 33.3 Å². The van der Waals surface area contributed by atoms with Crippen molar-refractivity contribution in [3.05, 3.63) is 64.6 Å². The Morgan fingerprint density at radius 3 is 2.55 bits per heavy atom. The number of carbonyl (C=O) groups is 1. The molecule has 0 amide bonds. The van der Waals surface area contributed by atoms with Crippen molar-refractivity contribution in [2.24, 2.45) is 16.4 Å². The van der Waals surface area contributed by atoms with E-state index in [4.69, 9.17) is 5.10 Å². The number of benzene rings is 2. The Hall–Kier alpha value is -2.35. The second-order valence-corrected chi connectivity index (χ2v) is 9.09. The SMILES string of the molecule is CC(CC1N(c2cccc(Br)c2)N=C(c2ccccc2)C12CC2)C(=O)OCC(F)(F)F. The number of carbonyl (C=O) groups excluding carboxylic acids is 1. The average molecular weight is 495 g/mol. The number of rotatable bonds is 6. The Balaban J connectivity index is 1.63. The predicted molar refractivity (Wildman–Crippen MR) is 116 cm³/mol. The Kier molecular flexibility index (Phi) is 5.85. The van der Waals surface area contributed by atoms with Gasteiger partial charge < -0.3 is 4.74 Å². The van der Waals surface area contributed by atoms with Crippen molar-refractivity contribution in [1.82, 2.24) is 0 Å². The van der Waals surface area contributed by atoms with E-state index < -0.39 is 24.7 Å². The molecule has 1 spiro atoms. The van der Waals surface area contributed by atoms with E-state index in [1.54, 1.807) is 6.92 Å². The lowest BCUT2D eigenvalue weighted by atomic mass is 9.83. The van der Waals surface area contributed by atoms with Crippen molar-refractivity contribution < 1.29 is 22.7 Å². The number of anilines is 1. The Morgan fingerprint density at radius 1 is 1.23 bits per heavy atom. The molecule has 31 heavy (non-hydrogen) atoms. The van der Waals surface area contributed by atoms with Crippen LogP contribution in [0.1, 0.15) is 31.7 Å². The molecule has 1 aliphatic carbocycles. The molecule has 0 aromatic heterocycles. The minimum Gasteiger partial charge on any atom is -0.456 e. The molecule has 2 aromatic rings. The first-order chi connectivity index (χ1) is 14.7. The van der Waals surface area contributed by atoms with Gasteiger partial charge in [0.1, 0.15) is 0 Å². The summed E-state index contributed by atoms with van der Waals surface area (Å²) in [5.74, 6) is -1.53. The van der Waals surface area contributed by atoms with E-state index in [9.17, 15) is 18.0 Å². The van der Waals surface area contributed by atoms with Gasteiger partial charge in [0.2, 0.25) is 0 Å². The number of hydrazone groups is 1. The number of hydrogen-bond donors (Lipinski definition) is 0. The second-order valence-electron chi connectivity index (χ2n) is 8.17. The van der Waals surface area contributed by atoms with E-state index >= 15 is 0 Å². The maximum atomic E-state index is 12.5. The van der Waals surface area contributed by atoms with Crippen LogP contribution < -0.4 is 5.01 Å². The Labute approximate surface area is 187 Å². The van der Waals surface area contributed by atoms with E-state index in [-0.39, 0.29) is 11.5 Å². The quantitative estimate of drug-likeness (QED) is 0.465. The van der Waals surface area contributed by atoms with E-state index in [1.165, 1.54) is 0 Å². The molecule has 1 heterocycles. The molecule has 1 saturated carbocycles. The summed E-state index contributed by atoms with van der Waals surface area (Å²) in [6.45, 7) is 0.0570. The first-order valence-electron chi connectivity index (χ1n) is 10.1. The molecule has 0 bridgehead atoms. The summed E-state index contributed by atoms with van der Waals surface area (Å²) >= 11 is 3.49. The lowest BCUT2D eigenvalue weighted by Crippen LogP contribution is -2.38. The first-order valence-corrected chi connectivity index (χ1v) is 10.9. The monoisotopic (exact) mass is 494 g/mol. The number of nitrogens with zero attached hydrogens (tertiary/aromatic N) is 2. The van der Waals surface area contributed by atoms with Gasteiger partial charge in [-0.25, -0.2) is 0 Å². The van der Waals surface area contributed by atoms with Gasteiger partial charge >= 0.3 is 12.1 Å². The second kappa shape index (κ2) is 8.30. The highest BCUT2D eigenvalue weighted by Crippen LogP contribution is 2.58. The van der Waals surface area contributed by atoms with Crippen LogP contribution in [-0.2, 0) is 9.53 Å². The van der Waals surface area contributed by atoms with Gasteiger partial charge in [-0.15, -0.1) is 0 Å². The van der Waals surface area contributed by atoms with Crippen LogP contribution in [0.3, 0.4) is 0 Å². The molecule has 0 N–H and O–H groups in total. The standard InChI is InChI=1S/C23H22BrF3N2O2/c1-15(21(30)31-14-23(25,26)27)12-19-22(10-11-22)20(16-6-3-2-4-7-16)28-29(19)18-9-5-8-17(24)13-18/h2-9,13,15,19H,10-12,14H2,1H3. The minimum atomic E-state index is -4.54. The zero-order valence-corrected chi connectivity index (χ0v) is 18.5. The zero-order valence-electron chi connectivity index (χ0n) is 16.9. The van der Waals surface area contributed by atoms with E-state index in [1.807, 2.05) is 59.6 Å². The number of esters is 1. The maximum absolute atomic E-state index is 12.5. The van der Waals surface area contributed by atoms with Crippen LogP contribution in [0.4, 0.5) is 18.9 Å². The molecule has 0 saturated heterocycles. The summed E-state index contributed by atoms with van der Waals surface area (Å²) in [5, 5.41) is 6.89. The molecule has 164 valence electrons. The summed E-state index contributed by atoms with van der Waals surface area (Å²) in [7, 11) is 0. The molecule has 1 fully saturated rings. The van der Waals surface area contributed by atoms with E-state index in [2.05, 4.69) is 20.7 Å². The van der Waals surface area contributed by atoms with Gasteiger partial charge in [-0.05, 0) is 43.0 Å². The van der Waals surface area contributed by atoms with Crippen LogP contribution in [0.5, 0.6) is 0 Å². The lowest BCUT2D eigenvalue weighted by molar-refractivity contribution is -0.189. The number of hydrogen-bond acceptors (Lipinski definition) is 4. The van der Waals surface area contributed by atoms with Crippen LogP contribution in [-0.4, -0.2) is 30.5 Å². The van der Waals surface area contributed by atoms with Crippen LogP contribution in [0.2, 0.25) is 0 Å². The molecule has 2 aliphatic rings. The van der Waals surface area contributed by atoms with Crippen molar-refractivity contribution in [3.8, 4) is 0 Å². The highest BCUT2D eigenvalue weighted by molar-refractivity contribution is 9.10. The molecule has 4 nitrogen and oxygen atoms in total. The highest BCUT2D eigenvalue weighted by atomic mass is 79.9. The molecule has 2 aromatic carbocycles. The lowest BCUT2D eigenvalue weighted by Gasteiger charge is -2.30. The van der Waals surface area contributed by atoms with Crippen LogP contribution in [0, 0.1) is 11.3 Å². The molecule has 4 rings (SSSR count). The van der Waals surface area contributed by atoms with Gasteiger partial charge in [0.05, 0.1) is 23.4 Å².